The van der Waals surface area contributed by atoms with Crippen molar-refractivity contribution in [2.45, 2.75) is 19.4 Å². The lowest BCUT2D eigenvalue weighted by Crippen LogP contribution is -2.16. The van der Waals surface area contributed by atoms with Crippen molar-refractivity contribution < 1.29 is 9.18 Å². The molecule has 0 radical (unpaired) electrons. The average molecular weight is 254 g/mol. The number of hydrogen-bond donors (Lipinski definition) is 0. The Bertz CT molecular complexity index is 709. The predicted molar refractivity (Wildman–Crippen MR) is 68.1 cm³/mol. The van der Waals surface area contributed by atoms with Crippen LogP contribution in [0.2, 0.25) is 0 Å². The Labute approximate surface area is 109 Å². The summed E-state index contributed by atoms with van der Waals surface area (Å²) in [5.74, 6) is -0.399. The number of fused-ring (bicyclic) bond motifs is 1. The summed E-state index contributed by atoms with van der Waals surface area (Å²) in [4.78, 5) is 11.8. The second kappa shape index (κ2) is 4.36. The van der Waals surface area contributed by atoms with E-state index < -0.39 is 5.82 Å². The number of Topliss-reactive ketones (excluding diaryl/α,β-unsaturated/α-hetero) is 1. The molecule has 2 heterocycles. The van der Waals surface area contributed by atoms with E-state index in [1.807, 2.05) is 10.6 Å². The second-order valence-electron chi connectivity index (χ2n) is 4.59. The number of halogens is 1. The van der Waals surface area contributed by atoms with E-state index in [9.17, 15) is 9.18 Å². The molecule has 0 bridgehead atoms. The van der Waals surface area contributed by atoms with Crippen LogP contribution in [0.4, 0.5) is 4.39 Å². The molecule has 3 nitrogen and oxygen atoms in total. The number of carbonyl (C=O) groups excluding carboxylic acids is 1. The van der Waals surface area contributed by atoms with Crippen LogP contribution in [0.3, 0.4) is 0 Å². The first-order valence-electron chi connectivity index (χ1n) is 6.13. The molecule has 3 rings (SSSR count). The van der Waals surface area contributed by atoms with Gasteiger partial charge in [0.05, 0.1) is 11.3 Å². The molecule has 0 amide bonds. The van der Waals surface area contributed by atoms with Crippen LogP contribution in [0, 0.1) is 17.1 Å². The quantitative estimate of drug-likeness (QED) is 0.784. The van der Waals surface area contributed by atoms with Gasteiger partial charge in [0.1, 0.15) is 11.9 Å². The van der Waals surface area contributed by atoms with Crippen LogP contribution in [-0.2, 0) is 6.54 Å². The molecular weight excluding hydrogens is 243 g/mol. The van der Waals surface area contributed by atoms with Gasteiger partial charge < -0.3 is 4.57 Å². The molecule has 1 aliphatic rings. The highest BCUT2D eigenvalue weighted by molar-refractivity contribution is 5.96. The third-order valence-electron chi connectivity index (χ3n) is 3.44. The van der Waals surface area contributed by atoms with Crippen molar-refractivity contribution in [2.75, 3.05) is 0 Å². The maximum absolute atomic E-state index is 13.7. The maximum atomic E-state index is 13.7. The Morgan fingerprint density at radius 2 is 2.00 bits per heavy atom. The van der Waals surface area contributed by atoms with Gasteiger partial charge in [-0.15, -0.1) is 0 Å². The van der Waals surface area contributed by atoms with Gasteiger partial charge in [0.2, 0.25) is 0 Å². The van der Waals surface area contributed by atoms with Crippen LogP contribution in [0.15, 0.2) is 30.3 Å². The van der Waals surface area contributed by atoms with Crippen molar-refractivity contribution in [1.82, 2.24) is 4.57 Å². The largest absolute Gasteiger partial charge is 0.338 e. The van der Waals surface area contributed by atoms with Gasteiger partial charge in [-0.2, -0.15) is 5.26 Å². The molecule has 0 saturated heterocycles. The van der Waals surface area contributed by atoms with Gasteiger partial charge in [0, 0.05) is 24.2 Å². The van der Waals surface area contributed by atoms with Gasteiger partial charge in [-0.3, -0.25) is 4.79 Å². The first-order chi connectivity index (χ1) is 9.20. The number of carbonyl (C=O) groups is 1. The average Bonchev–Trinajstić information content (AvgIpc) is 2.84. The lowest BCUT2D eigenvalue weighted by molar-refractivity contribution is 0.0955. The summed E-state index contributed by atoms with van der Waals surface area (Å²) in [6, 6.07) is 9.95. The van der Waals surface area contributed by atoms with Gasteiger partial charge in [-0.25, -0.2) is 4.39 Å². The number of nitriles is 1. The smallest absolute Gasteiger partial charge is 0.179 e. The van der Waals surface area contributed by atoms with Gasteiger partial charge in [-0.1, -0.05) is 6.07 Å². The number of benzene rings is 1. The Hall–Kier alpha value is -2.41. The molecule has 0 atom stereocenters. The topological polar surface area (TPSA) is 45.8 Å². The van der Waals surface area contributed by atoms with E-state index >= 15 is 0 Å². The van der Waals surface area contributed by atoms with Gasteiger partial charge >= 0.3 is 0 Å². The molecule has 0 aliphatic carbocycles. The number of rotatable bonds is 1. The Kier molecular flexibility index (Phi) is 2.68. The van der Waals surface area contributed by atoms with E-state index in [0.29, 0.717) is 17.7 Å². The molecule has 2 aromatic rings. The third-order valence-corrected chi connectivity index (χ3v) is 3.44. The minimum Gasteiger partial charge on any atom is -0.338 e. The Morgan fingerprint density at radius 1 is 1.21 bits per heavy atom. The van der Waals surface area contributed by atoms with Crippen molar-refractivity contribution in [3.63, 3.8) is 0 Å². The molecular formula is C15H11FN2O. The Morgan fingerprint density at radius 3 is 2.74 bits per heavy atom. The zero-order chi connectivity index (χ0) is 13.4. The second-order valence-corrected chi connectivity index (χ2v) is 4.59. The molecule has 1 aromatic carbocycles. The molecule has 0 spiro atoms. The van der Waals surface area contributed by atoms with Crippen molar-refractivity contribution in [3.8, 4) is 17.3 Å². The van der Waals surface area contributed by atoms with E-state index in [-0.39, 0.29) is 11.3 Å². The standard InChI is InChI=1S/C15H11FN2O/c16-12-8-10(3-4-11(12)9-17)13-5-6-14-15(19)2-1-7-18(13)14/h3-6,8H,1-2,7H2. The minimum atomic E-state index is -0.530. The van der Waals surface area contributed by atoms with E-state index in [4.69, 9.17) is 5.26 Å². The molecule has 94 valence electrons. The maximum Gasteiger partial charge on any atom is 0.179 e. The molecule has 0 fully saturated rings. The van der Waals surface area contributed by atoms with Gasteiger partial charge in [0.25, 0.3) is 0 Å². The van der Waals surface area contributed by atoms with Crippen molar-refractivity contribution in [1.29, 1.82) is 5.26 Å². The number of aromatic nitrogens is 1. The minimum absolute atomic E-state index is 0.0326. The summed E-state index contributed by atoms with van der Waals surface area (Å²) < 4.78 is 15.6. The monoisotopic (exact) mass is 254 g/mol. The third kappa shape index (κ3) is 1.84. The lowest BCUT2D eigenvalue weighted by Gasteiger charge is -2.17. The zero-order valence-corrected chi connectivity index (χ0v) is 10.2. The van der Waals surface area contributed by atoms with E-state index in [0.717, 1.165) is 18.7 Å². The van der Waals surface area contributed by atoms with Crippen LogP contribution in [0.5, 0.6) is 0 Å². The molecule has 0 N–H and O–H groups in total. The zero-order valence-electron chi connectivity index (χ0n) is 10.2. The van der Waals surface area contributed by atoms with E-state index in [1.54, 1.807) is 18.2 Å². The van der Waals surface area contributed by atoms with Crippen LogP contribution in [0.1, 0.15) is 28.9 Å². The Balaban J connectivity index is 2.11. The highest BCUT2D eigenvalue weighted by Gasteiger charge is 2.20. The van der Waals surface area contributed by atoms with Crippen LogP contribution >= 0.6 is 0 Å². The molecule has 1 aromatic heterocycles. The fraction of sp³-hybridized carbons (Fsp3) is 0.200. The summed E-state index contributed by atoms with van der Waals surface area (Å²) in [7, 11) is 0. The highest BCUT2D eigenvalue weighted by Crippen LogP contribution is 2.28. The SMILES string of the molecule is N#Cc1ccc(-c2ccc3n2CCCC3=O)cc1F. The highest BCUT2D eigenvalue weighted by atomic mass is 19.1. The van der Waals surface area contributed by atoms with E-state index in [2.05, 4.69) is 0 Å². The van der Waals surface area contributed by atoms with Crippen molar-refractivity contribution in [3.05, 3.63) is 47.4 Å². The molecule has 0 saturated carbocycles. The van der Waals surface area contributed by atoms with Gasteiger partial charge in [0.15, 0.2) is 5.78 Å². The fourth-order valence-electron chi connectivity index (χ4n) is 2.49. The number of hydrogen-bond acceptors (Lipinski definition) is 2. The molecule has 4 heteroatoms. The van der Waals surface area contributed by atoms with Gasteiger partial charge in [-0.05, 0) is 30.7 Å². The molecule has 19 heavy (non-hydrogen) atoms. The van der Waals surface area contributed by atoms with Crippen LogP contribution in [-0.4, -0.2) is 10.4 Å². The summed E-state index contributed by atoms with van der Waals surface area (Å²) in [6.45, 7) is 0.769. The number of nitrogens with zero attached hydrogens (tertiary/aromatic N) is 2. The van der Waals surface area contributed by atoms with Crippen LogP contribution in [0.25, 0.3) is 11.3 Å². The number of ketones is 1. The molecule has 1 aliphatic heterocycles. The summed E-state index contributed by atoms with van der Waals surface area (Å²) in [6.07, 6.45) is 1.39. The summed E-state index contributed by atoms with van der Waals surface area (Å²) in [5.41, 5.74) is 2.24. The van der Waals surface area contributed by atoms with Crippen LogP contribution < -0.4 is 0 Å². The molecule has 0 unspecified atom stereocenters. The first kappa shape index (κ1) is 11.7. The van der Waals surface area contributed by atoms with Crippen molar-refractivity contribution >= 4 is 5.78 Å². The first-order valence-corrected chi connectivity index (χ1v) is 6.13. The van der Waals surface area contributed by atoms with E-state index in [1.165, 1.54) is 12.1 Å². The summed E-state index contributed by atoms with van der Waals surface area (Å²) in [5, 5.41) is 8.73. The normalized spacial score (nSPS) is 14.0. The van der Waals surface area contributed by atoms with Crippen molar-refractivity contribution in [2.24, 2.45) is 0 Å². The predicted octanol–water partition coefficient (Wildman–Crippen LogP) is 3.14. The summed E-state index contributed by atoms with van der Waals surface area (Å²) >= 11 is 0. The lowest BCUT2D eigenvalue weighted by atomic mass is 10.1. The fourth-order valence-corrected chi connectivity index (χ4v) is 2.49.